The van der Waals surface area contributed by atoms with Gasteiger partial charge in [-0.05, 0) is 49.2 Å². The number of nitrogens with zero attached hydrogens (tertiary/aromatic N) is 5. The van der Waals surface area contributed by atoms with Crippen LogP contribution in [0.4, 0.5) is 0 Å². The number of rotatable bonds is 2. The van der Waals surface area contributed by atoms with Gasteiger partial charge < -0.3 is 0 Å². The molecule has 0 saturated heterocycles. The van der Waals surface area contributed by atoms with Gasteiger partial charge in [-0.25, -0.2) is 9.67 Å². The Kier molecular flexibility index (Phi) is 3.61. The molecule has 2 amide bonds. The quantitative estimate of drug-likeness (QED) is 0.496. The summed E-state index contributed by atoms with van der Waals surface area (Å²) in [5.41, 5.74) is 5.55. The number of benzene rings is 1. The van der Waals surface area contributed by atoms with Gasteiger partial charge in [-0.2, -0.15) is 5.10 Å². The Balaban J connectivity index is 1.91. The maximum atomic E-state index is 12.9. The molecule has 7 heteroatoms. The summed E-state index contributed by atoms with van der Waals surface area (Å²) in [7, 11) is 1.48. The number of aryl methyl sites for hydroxylation is 2. The third-order valence-electron chi connectivity index (χ3n) is 5.14. The van der Waals surface area contributed by atoms with Crippen LogP contribution in [0.5, 0.6) is 0 Å². The van der Waals surface area contributed by atoms with E-state index in [1.165, 1.54) is 13.2 Å². The predicted molar refractivity (Wildman–Crippen MR) is 108 cm³/mol. The van der Waals surface area contributed by atoms with Gasteiger partial charge in [-0.3, -0.25) is 19.5 Å². The summed E-state index contributed by atoms with van der Waals surface area (Å²) in [6, 6.07) is 9.80. The summed E-state index contributed by atoms with van der Waals surface area (Å²) in [5, 5.41) is 5.37. The third kappa shape index (κ3) is 2.47. The molecule has 0 unspecified atom stereocenters. The van der Waals surface area contributed by atoms with Gasteiger partial charge in [0.25, 0.3) is 11.8 Å². The monoisotopic (exact) mass is 383 g/mol. The van der Waals surface area contributed by atoms with E-state index in [2.05, 4.69) is 16.0 Å². The maximum absolute atomic E-state index is 12.9. The largest absolute Gasteiger partial charge is 0.277 e. The molecule has 0 radical (unpaired) electrons. The second-order valence-electron chi connectivity index (χ2n) is 7.26. The van der Waals surface area contributed by atoms with Gasteiger partial charge in [0.15, 0.2) is 5.65 Å². The average Bonchev–Trinajstić information content (AvgIpc) is 3.20. The molecule has 7 nitrogen and oxygen atoms in total. The van der Waals surface area contributed by atoms with E-state index in [4.69, 9.17) is 5.10 Å². The zero-order chi connectivity index (χ0) is 20.3. The first-order valence-electron chi connectivity index (χ1n) is 9.19. The number of hydrogen-bond donors (Lipinski definition) is 0. The van der Waals surface area contributed by atoms with E-state index in [-0.39, 0.29) is 11.8 Å². The third-order valence-corrected chi connectivity index (χ3v) is 5.14. The lowest BCUT2D eigenvalue weighted by atomic mass is 10.0. The molecule has 29 heavy (non-hydrogen) atoms. The smallest absolute Gasteiger partial charge is 0.262 e. The van der Waals surface area contributed by atoms with Crippen LogP contribution in [0, 0.1) is 13.8 Å². The Labute approximate surface area is 166 Å². The number of hydrogen-bond acceptors (Lipinski definition) is 5. The molecule has 4 aromatic rings. The highest BCUT2D eigenvalue weighted by molar-refractivity contribution is 6.27. The van der Waals surface area contributed by atoms with Crippen molar-refractivity contribution in [1.29, 1.82) is 0 Å². The summed E-state index contributed by atoms with van der Waals surface area (Å²) < 4.78 is 1.73. The predicted octanol–water partition coefficient (Wildman–Crippen LogP) is 3.33. The molecule has 5 rings (SSSR count). The minimum absolute atomic E-state index is 0.301. The number of fused-ring (bicyclic) bond motifs is 3. The highest BCUT2D eigenvalue weighted by Crippen LogP contribution is 2.36. The summed E-state index contributed by atoms with van der Waals surface area (Å²) in [5.74, 6) is -0.696. The molecular weight excluding hydrogens is 366 g/mol. The van der Waals surface area contributed by atoms with Crippen LogP contribution in [-0.2, 0) is 0 Å². The SMILES string of the molecule is Cc1cc(C)cc(-n2nc(-c3cccnc3)c3c4c(cnc32)C(=O)N(C)C4=O)c1. The molecule has 1 aromatic carbocycles. The van der Waals surface area contributed by atoms with Gasteiger partial charge >= 0.3 is 0 Å². The van der Waals surface area contributed by atoms with Crippen molar-refractivity contribution >= 4 is 22.8 Å². The van der Waals surface area contributed by atoms with Gasteiger partial charge in [0.1, 0.15) is 5.69 Å². The zero-order valence-corrected chi connectivity index (χ0v) is 16.2. The van der Waals surface area contributed by atoms with Crippen molar-refractivity contribution in [2.24, 2.45) is 0 Å². The van der Waals surface area contributed by atoms with Crippen molar-refractivity contribution in [2.75, 3.05) is 7.05 Å². The molecular formula is C22H17N5O2. The standard InChI is InChI=1S/C22H17N5O2/c1-12-7-13(2)9-15(8-12)27-20-18(19(25-27)14-5-4-6-23-10-14)17-16(11-24-20)21(28)26(3)22(17)29/h4-11H,1-3H3. The van der Waals surface area contributed by atoms with Crippen molar-refractivity contribution in [3.8, 4) is 16.9 Å². The Morgan fingerprint density at radius 1 is 0.966 bits per heavy atom. The van der Waals surface area contributed by atoms with Crippen molar-refractivity contribution in [3.05, 3.63) is 71.2 Å². The molecule has 0 atom stereocenters. The first kappa shape index (κ1) is 17.2. The maximum Gasteiger partial charge on any atom is 0.262 e. The summed E-state index contributed by atoms with van der Waals surface area (Å²) in [4.78, 5) is 35.2. The van der Waals surface area contributed by atoms with E-state index in [1.54, 1.807) is 17.1 Å². The van der Waals surface area contributed by atoms with Crippen LogP contribution < -0.4 is 0 Å². The van der Waals surface area contributed by atoms with Crippen LogP contribution in [0.15, 0.2) is 48.9 Å². The molecule has 3 aromatic heterocycles. The van der Waals surface area contributed by atoms with Gasteiger partial charge in [0, 0.05) is 31.2 Å². The fraction of sp³-hybridized carbons (Fsp3) is 0.136. The highest BCUT2D eigenvalue weighted by atomic mass is 16.2. The van der Waals surface area contributed by atoms with Crippen LogP contribution in [0.25, 0.3) is 28.0 Å². The number of carbonyl (C=O) groups excluding carboxylic acids is 2. The minimum atomic E-state index is -0.351. The van der Waals surface area contributed by atoms with E-state index in [9.17, 15) is 9.59 Å². The van der Waals surface area contributed by atoms with Gasteiger partial charge in [-0.15, -0.1) is 0 Å². The molecule has 142 valence electrons. The fourth-order valence-electron chi connectivity index (χ4n) is 3.87. The number of carbonyl (C=O) groups is 2. The van der Waals surface area contributed by atoms with E-state index < -0.39 is 0 Å². The van der Waals surface area contributed by atoms with Crippen molar-refractivity contribution < 1.29 is 9.59 Å². The Hall–Kier alpha value is -3.87. The minimum Gasteiger partial charge on any atom is -0.277 e. The summed E-state index contributed by atoms with van der Waals surface area (Å²) >= 11 is 0. The summed E-state index contributed by atoms with van der Waals surface area (Å²) in [6.45, 7) is 4.04. The van der Waals surface area contributed by atoms with Crippen molar-refractivity contribution in [2.45, 2.75) is 13.8 Å². The Morgan fingerprint density at radius 3 is 2.41 bits per heavy atom. The van der Waals surface area contributed by atoms with Gasteiger partial charge in [-0.1, -0.05) is 6.07 Å². The molecule has 0 fully saturated rings. The molecule has 0 saturated carbocycles. The zero-order valence-electron chi connectivity index (χ0n) is 16.2. The van der Waals surface area contributed by atoms with Crippen molar-refractivity contribution in [1.82, 2.24) is 24.6 Å². The number of amides is 2. The Bertz CT molecular complexity index is 1300. The molecule has 0 bridgehead atoms. The lowest BCUT2D eigenvalue weighted by Crippen LogP contribution is -2.24. The van der Waals surface area contributed by atoms with Crippen LogP contribution in [-0.4, -0.2) is 43.5 Å². The Morgan fingerprint density at radius 2 is 1.72 bits per heavy atom. The van der Waals surface area contributed by atoms with Crippen LogP contribution >= 0.6 is 0 Å². The normalized spacial score (nSPS) is 13.4. The first-order chi connectivity index (χ1) is 14.0. The van der Waals surface area contributed by atoms with Crippen LogP contribution in [0.3, 0.4) is 0 Å². The van der Waals surface area contributed by atoms with E-state index >= 15 is 0 Å². The van der Waals surface area contributed by atoms with Gasteiger partial charge in [0.05, 0.1) is 22.2 Å². The lowest BCUT2D eigenvalue weighted by molar-refractivity contribution is 0.0693. The molecule has 0 N–H and O–H groups in total. The van der Waals surface area contributed by atoms with Gasteiger partial charge in [0.2, 0.25) is 0 Å². The number of aromatic nitrogens is 4. The van der Waals surface area contributed by atoms with E-state index in [0.717, 1.165) is 27.3 Å². The molecule has 1 aliphatic rings. The first-order valence-corrected chi connectivity index (χ1v) is 9.19. The molecule has 0 spiro atoms. The van der Waals surface area contributed by atoms with Crippen LogP contribution in [0.2, 0.25) is 0 Å². The molecule has 0 aliphatic carbocycles. The summed E-state index contributed by atoms with van der Waals surface area (Å²) in [6.07, 6.45) is 4.84. The second kappa shape index (κ2) is 6.07. The second-order valence-corrected chi connectivity index (χ2v) is 7.26. The molecule has 4 heterocycles. The number of pyridine rings is 2. The fourth-order valence-corrected chi connectivity index (χ4v) is 3.87. The highest BCUT2D eigenvalue weighted by Gasteiger charge is 2.37. The topological polar surface area (TPSA) is 81.0 Å². The van der Waals surface area contributed by atoms with E-state index in [1.807, 2.05) is 38.1 Å². The van der Waals surface area contributed by atoms with E-state index in [0.29, 0.717) is 27.9 Å². The lowest BCUT2D eigenvalue weighted by Gasteiger charge is -2.06. The van der Waals surface area contributed by atoms with Crippen LogP contribution in [0.1, 0.15) is 31.8 Å². The van der Waals surface area contributed by atoms with Crippen molar-refractivity contribution in [3.63, 3.8) is 0 Å². The number of imide groups is 1. The average molecular weight is 383 g/mol. The molecule has 1 aliphatic heterocycles.